The highest BCUT2D eigenvalue weighted by atomic mass is 32.1. The van der Waals surface area contributed by atoms with E-state index in [0.29, 0.717) is 0 Å². The predicted octanol–water partition coefficient (Wildman–Crippen LogP) is 1.93. The van der Waals surface area contributed by atoms with Crippen molar-refractivity contribution in [2.24, 2.45) is 0 Å². The quantitative estimate of drug-likeness (QED) is 0.548. The van der Waals surface area contributed by atoms with E-state index < -0.39 is 5.56 Å². The van der Waals surface area contributed by atoms with Crippen LogP contribution in [-0.2, 0) is 0 Å². The van der Waals surface area contributed by atoms with Gasteiger partial charge in [-0.2, -0.15) is 5.10 Å². The predicted molar refractivity (Wildman–Crippen MR) is 103 cm³/mol. The molecule has 4 N–H and O–H groups in total. The molecule has 1 amide bonds. The van der Waals surface area contributed by atoms with Crippen molar-refractivity contribution >= 4 is 23.1 Å². The number of anilines is 1. The van der Waals surface area contributed by atoms with E-state index in [1.807, 2.05) is 17.5 Å². The van der Waals surface area contributed by atoms with Crippen LogP contribution < -0.4 is 15.8 Å². The van der Waals surface area contributed by atoms with Crippen LogP contribution in [0.25, 0.3) is 10.6 Å². The van der Waals surface area contributed by atoms with Crippen LogP contribution in [0.15, 0.2) is 40.5 Å². The molecule has 0 unspecified atom stereocenters. The first-order chi connectivity index (χ1) is 13.1. The second-order valence-electron chi connectivity index (χ2n) is 6.47. The van der Waals surface area contributed by atoms with E-state index in [0.717, 1.165) is 42.3 Å². The Morgan fingerprint density at radius 1 is 1.30 bits per heavy atom. The number of carbonyl (C=O) groups excluding carboxylic acids is 1. The number of nitrogens with one attached hydrogen (secondary N) is 3. The molecule has 0 saturated carbocycles. The van der Waals surface area contributed by atoms with Gasteiger partial charge in [-0.3, -0.25) is 19.7 Å². The zero-order chi connectivity index (χ0) is 18.8. The Hall–Kier alpha value is -3.07. The number of rotatable bonds is 4. The van der Waals surface area contributed by atoms with Gasteiger partial charge in [-0.05, 0) is 24.3 Å². The van der Waals surface area contributed by atoms with Crippen molar-refractivity contribution in [1.29, 1.82) is 0 Å². The minimum absolute atomic E-state index is 0.0193. The molecule has 27 heavy (non-hydrogen) atoms. The molecule has 4 heterocycles. The summed E-state index contributed by atoms with van der Waals surface area (Å²) in [6, 6.07) is 8.56. The number of amides is 1. The Morgan fingerprint density at radius 3 is 2.81 bits per heavy atom. The molecule has 0 radical (unpaired) electrons. The number of thiophene rings is 1. The lowest BCUT2D eigenvalue weighted by molar-refractivity contribution is 0.0930. The largest absolute Gasteiger partial charge is 0.494 e. The number of aromatic nitrogens is 3. The fourth-order valence-corrected chi connectivity index (χ4v) is 3.90. The van der Waals surface area contributed by atoms with Gasteiger partial charge in [0, 0.05) is 37.3 Å². The summed E-state index contributed by atoms with van der Waals surface area (Å²) in [5.74, 6) is 0.236. The van der Waals surface area contributed by atoms with Crippen molar-refractivity contribution in [1.82, 2.24) is 20.5 Å². The van der Waals surface area contributed by atoms with Gasteiger partial charge in [-0.1, -0.05) is 6.07 Å². The van der Waals surface area contributed by atoms with E-state index in [-0.39, 0.29) is 23.4 Å². The number of aromatic amines is 2. The van der Waals surface area contributed by atoms with Crippen molar-refractivity contribution in [3.05, 3.63) is 51.6 Å². The summed E-state index contributed by atoms with van der Waals surface area (Å²) < 4.78 is 0. The molecular weight excluding hydrogens is 366 g/mol. The zero-order valence-corrected chi connectivity index (χ0v) is 15.3. The highest BCUT2D eigenvalue weighted by molar-refractivity contribution is 7.13. The van der Waals surface area contributed by atoms with Crippen LogP contribution in [0.3, 0.4) is 0 Å². The van der Waals surface area contributed by atoms with Crippen molar-refractivity contribution in [3.63, 3.8) is 0 Å². The normalized spacial score (nSPS) is 15.0. The average Bonchev–Trinajstić information content (AvgIpc) is 3.33. The molecule has 0 aromatic carbocycles. The Balaban J connectivity index is 1.35. The summed E-state index contributed by atoms with van der Waals surface area (Å²) >= 11 is 1.66. The van der Waals surface area contributed by atoms with E-state index in [9.17, 15) is 14.7 Å². The fourth-order valence-electron chi connectivity index (χ4n) is 3.21. The van der Waals surface area contributed by atoms with E-state index in [2.05, 4.69) is 31.5 Å². The third kappa shape index (κ3) is 3.87. The van der Waals surface area contributed by atoms with E-state index in [1.54, 1.807) is 11.3 Å². The number of pyridine rings is 1. The lowest BCUT2D eigenvalue weighted by Crippen LogP contribution is -2.45. The first-order valence-electron chi connectivity index (χ1n) is 8.67. The van der Waals surface area contributed by atoms with E-state index in [4.69, 9.17) is 0 Å². The van der Waals surface area contributed by atoms with E-state index in [1.165, 1.54) is 12.1 Å². The van der Waals surface area contributed by atoms with Gasteiger partial charge in [0.25, 0.3) is 11.5 Å². The summed E-state index contributed by atoms with van der Waals surface area (Å²) in [6.45, 7) is 1.56. The smallest absolute Gasteiger partial charge is 0.251 e. The third-order valence-corrected chi connectivity index (χ3v) is 5.50. The first kappa shape index (κ1) is 17.3. The summed E-state index contributed by atoms with van der Waals surface area (Å²) in [7, 11) is 0. The molecule has 1 aliphatic rings. The van der Waals surface area contributed by atoms with Crippen LogP contribution in [0.2, 0.25) is 0 Å². The second-order valence-corrected chi connectivity index (χ2v) is 7.42. The molecule has 1 aliphatic heterocycles. The minimum Gasteiger partial charge on any atom is -0.494 e. The molecule has 0 atom stereocenters. The standard InChI is InChI=1S/C18H19N5O3S/c24-16-8-11(9-17(25)20-16)18(26)19-12-3-5-23(6-4-12)15-10-13(21-22-15)14-2-1-7-27-14/h1-2,7-10,12H,3-6H2,(H,19,26)(H,21,22)(H2,20,24,25). The lowest BCUT2D eigenvalue weighted by atomic mass is 10.0. The number of aromatic hydroxyl groups is 1. The number of hydrogen-bond acceptors (Lipinski definition) is 6. The van der Waals surface area contributed by atoms with Gasteiger partial charge in [0.15, 0.2) is 11.7 Å². The maximum atomic E-state index is 12.3. The molecular formula is C18H19N5O3S. The molecule has 3 aromatic heterocycles. The zero-order valence-electron chi connectivity index (χ0n) is 14.4. The highest BCUT2D eigenvalue weighted by Crippen LogP contribution is 2.27. The van der Waals surface area contributed by atoms with Gasteiger partial charge in [0.2, 0.25) is 0 Å². The molecule has 0 bridgehead atoms. The van der Waals surface area contributed by atoms with Gasteiger partial charge < -0.3 is 15.3 Å². The van der Waals surface area contributed by atoms with E-state index >= 15 is 0 Å². The SMILES string of the molecule is O=C(NC1CCN(c2cc(-c3cccs3)[nH]n2)CC1)c1cc(O)[nH]c(=O)c1. The molecule has 0 spiro atoms. The Bertz CT molecular complexity index is 987. The molecule has 4 rings (SSSR count). The first-order valence-corrected chi connectivity index (χ1v) is 9.55. The number of nitrogens with zero attached hydrogens (tertiary/aromatic N) is 2. The van der Waals surface area contributed by atoms with Crippen LogP contribution in [0.1, 0.15) is 23.2 Å². The van der Waals surface area contributed by atoms with Gasteiger partial charge in [-0.15, -0.1) is 11.3 Å². The lowest BCUT2D eigenvalue weighted by Gasteiger charge is -2.32. The van der Waals surface area contributed by atoms with Crippen LogP contribution in [-0.4, -0.2) is 45.3 Å². The molecule has 8 nitrogen and oxygen atoms in total. The fraction of sp³-hybridized carbons (Fsp3) is 0.278. The minimum atomic E-state index is -0.505. The molecule has 1 saturated heterocycles. The average molecular weight is 385 g/mol. The maximum absolute atomic E-state index is 12.3. The number of piperidine rings is 1. The number of hydrogen-bond donors (Lipinski definition) is 4. The Labute approximate surface area is 158 Å². The van der Waals surface area contributed by atoms with Crippen LogP contribution in [0, 0.1) is 0 Å². The molecule has 1 fully saturated rings. The van der Waals surface area contributed by atoms with Crippen LogP contribution >= 0.6 is 11.3 Å². The van der Waals surface area contributed by atoms with Gasteiger partial charge >= 0.3 is 0 Å². The second kappa shape index (κ2) is 7.28. The number of H-pyrrole nitrogens is 2. The summed E-state index contributed by atoms with van der Waals surface area (Å²) in [4.78, 5) is 29.2. The topological polar surface area (TPSA) is 114 Å². The Morgan fingerprint density at radius 2 is 2.11 bits per heavy atom. The van der Waals surface area contributed by atoms with Crippen molar-refractivity contribution < 1.29 is 9.90 Å². The molecule has 0 aliphatic carbocycles. The van der Waals surface area contributed by atoms with Gasteiger partial charge in [-0.25, -0.2) is 0 Å². The van der Waals surface area contributed by atoms with Gasteiger partial charge in [0.05, 0.1) is 16.1 Å². The summed E-state index contributed by atoms with van der Waals surface area (Å²) in [5, 5.41) is 21.9. The highest BCUT2D eigenvalue weighted by Gasteiger charge is 2.23. The van der Waals surface area contributed by atoms with Crippen molar-refractivity contribution in [2.45, 2.75) is 18.9 Å². The number of carbonyl (C=O) groups is 1. The third-order valence-electron chi connectivity index (χ3n) is 4.60. The molecule has 140 valence electrons. The molecule has 3 aromatic rings. The maximum Gasteiger partial charge on any atom is 0.251 e. The van der Waals surface area contributed by atoms with Crippen LogP contribution in [0.5, 0.6) is 5.88 Å². The summed E-state index contributed by atoms with van der Waals surface area (Å²) in [5.41, 5.74) is 0.658. The van der Waals surface area contributed by atoms with Gasteiger partial charge in [0.1, 0.15) is 0 Å². The monoisotopic (exact) mass is 385 g/mol. The molecule has 9 heteroatoms. The van der Waals surface area contributed by atoms with Crippen molar-refractivity contribution in [3.8, 4) is 16.5 Å². The Kier molecular flexibility index (Phi) is 4.68. The van der Waals surface area contributed by atoms with Crippen LogP contribution in [0.4, 0.5) is 5.82 Å². The van der Waals surface area contributed by atoms with Crippen molar-refractivity contribution in [2.75, 3.05) is 18.0 Å². The summed E-state index contributed by atoms with van der Waals surface area (Å²) in [6.07, 6.45) is 1.56.